The fraction of sp³-hybridized carbons (Fsp3) is 0.261. The highest BCUT2D eigenvalue weighted by atomic mass is 16.5. The molecule has 0 aliphatic carbocycles. The average Bonchev–Trinajstić information content (AvgIpc) is 3.20. The van der Waals surface area contributed by atoms with E-state index in [1.54, 1.807) is 7.11 Å². The zero-order chi connectivity index (χ0) is 20.2. The van der Waals surface area contributed by atoms with Crippen LogP contribution < -0.4 is 10.1 Å². The molecule has 0 radical (unpaired) electrons. The first-order chi connectivity index (χ1) is 14.2. The van der Waals surface area contributed by atoms with E-state index >= 15 is 0 Å². The van der Waals surface area contributed by atoms with E-state index in [-0.39, 0.29) is 0 Å². The van der Waals surface area contributed by atoms with E-state index in [1.165, 1.54) is 5.56 Å². The van der Waals surface area contributed by atoms with Crippen molar-refractivity contribution in [2.24, 2.45) is 0 Å². The van der Waals surface area contributed by atoms with Crippen molar-refractivity contribution in [2.75, 3.05) is 12.4 Å². The first-order valence-electron chi connectivity index (χ1n) is 9.77. The molecule has 6 nitrogen and oxygen atoms in total. The van der Waals surface area contributed by atoms with Gasteiger partial charge in [-0.25, -0.2) is 4.98 Å². The molecule has 4 aromatic rings. The lowest BCUT2D eigenvalue weighted by Crippen LogP contribution is -2.04. The van der Waals surface area contributed by atoms with E-state index < -0.39 is 0 Å². The van der Waals surface area contributed by atoms with Crippen molar-refractivity contribution >= 4 is 16.7 Å². The van der Waals surface area contributed by atoms with Gasteiger partial charge in [0.1, 0.15) is 11.6 Å². The number of nitrogens with zero attached hydrogens (tertiary/aromatic N) is 3. The standard InChI is InChI=1S/C23H24N4O2/c1-4-6-21-26-23(27-29-21)19-13-17-11-15(2)9-10-20(17)25-22(19)24-14-16-7-5-8-18(12-16)28-3/h5,7-13H,4,6,14H2,1-3H3,(H,24,25). The first-order valence-corrected chi connectivity index (χ1v) is 9.77. The molecule has 0 aliphatic heterocycles. The van der Waals surface area contributed by atoms with Crippen molar-refractivity contribution in [2.45, 2.75) is 33.2 Å². The van der Waals surface area contributed by atoms with Crippen LogP contribution in [0.1, 0.15) is 30.4 Å². The molecule has 4 rings (SSSR count). The number of benzene rings is 2. The van der Waals surface area contributed by atoms with Crippen LogP contribution in [0.3, 0.4) is 0 Å². The molecular weight excluding hydrogens is 364 g/mol. The fourth-order valence-corrected chi connectivity index (χ4v) is 3.25. The van der Waals surface area contributed by atoms with Gasteiger partial charge in [-0.3, -0.25) is 0 Å². The summed E-state index contributed by atoms with van der Waals surface area (Å²) in [5.41, 5.74) is 4.03. The predicted molar refractivity (Wildman–Crippen MR) is 114 cm³/mol. The number of fused-ring (bicyclic) bond motifs is 1. The van der Waals surface area contributed by atoms with Gasteiger partial charge in [-0.1, -0.05) is 35.8 Å². The SMILES string of the molecule is CCCc1nc(-c2cc3cc(C)ccc3nc2NCc2cccc(OC)c2)no1. The van der Waals surface area contributed by atoms with Gasteiger partial charge < -0.3 is 14.6 Å². The molecule has 0 spiro atoms. The third kappa shape index (κ3) is 4.21. The largest absolute Gasteiger partial charge is 0.497 e. The van der Waals surface area contributed by atoms with Crippen LogP contribution in [0.15, 0.2) is 53.1 Å². The van der Waals surface area contributed by atoms with E-state index in [9.17, 15) is 0 Å². The zero-order valence-corrected chi connectivity index (χ0v) is 16.9. The highest BCUT2D eigenvalue weighted by Crippen LogP contribution is 2.29. The number of rotatable bonds is 7. The first kappa shape index (κ1) is 18.9. The van der Waals surface area contributed by atoms with Crippen molar-refractivity contribution in [3.63, 3.8) is 0 Å². The molecule has 148 valence electrons. The summed E-state index contributed by atoms with van der Waals surface area (Å²) in [6, 6.07) is 16.2. The Morgan fingerprint density at radius 2 is 1.97 bits per heavy atom. The Morgan fingerprint density at radius 3 is 2.79 bits per heavy atom. The molecule has 6 heteroatoms. The normalized spacial score (nSPS) is 11.0. The van der Waals surface area contributed by atoms with Gasteiger partial charge in [0.25, 0.3) is 0 Å². The van der Waals surface area contributed by atoms with Gasteiger partial charge in [0.15, 0.2) is 0 Å². The molecule has 2 aromatic carbocycles. The minimum Gasteiger partial charge on any atom is -0.497 e. The molecule has 0 atom stereocenters. The Kier molecular flexibility index (Phi) is 5.42. The quantitative estimate of drug-likeness (QED) is 0.471. The molecule has 29 heavy (non-hydrogen) atoms. The molecular formula is C23H24N4O2. The molecule has 2 heterocycles. The monoisotopic (exact) mass is 388 g/mol. The van der Waals surface area contributed by atoms with Crippen molar-refractivity contribution in [1.29, 1.82) is 0 Å². The number of hydrogen-bond donors (Lipinski definition) is 1. The number of ether oxygens (including phenoxy) is 1. The Balaban J connectivity index is 1.72. The summed E-state index contributed by atoms with van der Waals surface area (Å²) in [5, 5.41) is 8.68. The summed E-state index contributed by atoms with van der Waals surface area (Å²) in [6.07, 6.45) is 1.72. The average molecular weight is 388 g/mol. The molecule has 0 fully saturated rings. The summed E-state index contributed by atoms with van der Waals surface area (Å²) in [5.74, 6) is 2.75. The summed E-state index contributed by atoms with van der Waals surface area (Å²) in [7, 11) is 1.67. The molecule has 0 unspecified atom stereocenters. The maximum Gasteiger partial charge on any atom is 0.226 e. The van der Waals surface area contributed by atoms with Crippen LogP contribution >= 0.6 is 0 Å². The van der Waals surface area contributed by atoms with Gasteiger partial charge in [0.2, 0.25) is 11.7 Å². The van der Waals surface area contributed by atoms with Gasteiger partial charge in [0.05, 0.1) is 18.2 Å². The van der Waals surface area contributed by atoms with E-state index in [2.05, 4.69) is 47.5 Å². The van der Waals surface area contributed by atoms with Crippen LogP contribution in [0.4, 0.5) is 5.82 Å². The zero-order valence-electron chi connectivity index (χ0n) is 16.9. The summed E-state index contributed by atoms with van der Waals surface area (Å²) >= 11 is 0. The number of aromatic nitrogens is 3. The molecule has 0 aliphatic rings. The summed E-state index contributed by atoms with van der Waals surface area (Å²) in [6.45, 7) is 4.77. The highest BCUT2D eigenvalue weighted by Gasteiger charge is 2.15. The maximum absolute atomic E-state index is 5.41. The molecule has 1 N–H and O–H groups in total. The molecule has 0 bridgehead atoms. The van der Waals surface area contributed by atoms with Crippen LogP contribution in [0.2, 0.25) is 0 Å². The third-order valence-corrected chi connectivity index (χ3v) is 4.74. The van der Waals surface area contributed by atoms with Crippen LogP contribution in [-0.2, 0) is 13.0 Å². The third-order valence-electron chi connectivity index (χ3n) is 4.74. The van der Waals surface area contributed by atoms with Gasteiger partial charge >= 0.3 is 0 Å². The maximum atomic E-state index is 5.41. The van der Waals surface area contributed by atoms with Crippen molar-refractivity contribution in [3.05, 3.63) is 65.5 Å². The number of nitrogens with one attached hydrogen (secondary N) is 1. The van der Waals surface area contributed by atoms with Gasteiger partial charge in [0, 0.05) is 18.4 Å². The fourth-order valence-electron chi connectivity index (χ4n) is 3.25. The minimum atomic E-state index is 0.553. The second kappa shape index (κ2) is 8.31. The second-order valence-corrected chi connectivity index (χ2v) is 7.05. The minimum absolute atomic E-state index is 0.553. The molecule has 2 aromatic heterocycles. The van der Waals surface area contributed by atoms with Gasteiger partial charge in [-0.05, 0) is 49.2 Å². The summed E-state index contributed by atoms with van der Waals surface area (Å²) < 4.78 is 10.7. The lowest BCUT2D eigenvalue weighted by atomic mass is 10.1. The molecule has 0 amide bonds. The molecule has 0 saturated heterocycles. The Morgan fingerprint density at radius 1 is 1.07 bits per heavy atom. The van der Waals surface area contributed by atoms with E-state index in [1.807, 2.05) is 30.3 Å². The predicted octanol–water partition coefficient (Wildman–Crippen LogP) is 5.17. The topological polar surface area (TPSA) is 73.1 Å². The Hall–Kier alpha value is -3.41. The van der Waals surface area contributed by atoms with Crippen LogP contribution in [0.25, 0.3) is 22.3 Å². The lowest BCUT2D eigenvalue weighted by Gasteiger charge is -2.12. The van der Waals surface area contributed by atoms with E-state index in [0.717, 1.165) is 46.4 Å². The number of hydrogen-bond acceptors (Lipinski definition) is 6. The number of pyridine rings is 1. The summed E-state index contributed by atoms with van der Waals surface area (Å²) in [4.78, 5) is 9.41. The van der Waals surface area contributed by atoms with Crippen molar-refractivity contribution < 1.29 is 9.26 Å². The van der Waals surface area contributed by atoms with Gasteiger partial charge in [-0.15, -0.1) is 0 Å². The van der Waals surface area contributed by atoms with Crippen LogP contribution in [0.5, 0.6) is 5.75 Å². The van der Waals surface area contributed by atoms with E-state index in [4.69, 9.17) is 14.2 Å². The van der Waals surface area contributed by atoms with Crippen molar-refractivity contribution in [3.8, 4) is 17.1 Å². The van der Waals surface area contributed by atoms with Crippen LogP contribution in [-0.4, -0.2) is 22.2 Å². The number of methoxy groups -OCH3 is 1. The number of anilines is 1. The van der Waals surface area contributed by atoms with Crippen LogP contribution in [0, 0.1) is 6.92 Å². The van der Waals surface area contributed by atoms with Gasteiger partial charge in [-0.2, -0.15) is 4.98 Å². The second-order valence-electron chi connectivity index (χ2n) is 7.05. The molecule has 0 saturated carbocycles. The van der Waals surface area contributed by atoms with E-state index in [0.29, 0.717) is 18.3 Å². The Bertz CT molecular complexity index is 1140. The van der Waals surface area contributed by atoms with Crippen molar-refractivity contribution in [1.82, 2.24) is 15.1 Å². The highest BCUT2D eigenvalue weighted by molar-refractivity contribution is 5.88. The number of aryl methyl sites for hydroxylation is 2. The smallest absolute Gasteiger partial charge is 0.226 e. The lowest BCUT2D eigenvalue weighted by molar-refractivity contribution is 0.378. The Labute approximate surface area is 169 Å².